The molecule has 2 rings (SSSR count). The Morgan fingerprint density at radius 3 is 2.79 bits per heavy atom. The van der Waals surface area contributed by atoms with Gasteiger partial charge >= 0.3 is 0 Å². The van der Waals surface area contributed by atoms with Crippen molar-refractivity contribution in [1.82, 2.24) is 14.9 Å². The molecule has 0 aliphatic carbocycles. The van der Waals surface area contributed by atoms with Gasteiger partial charge in [0.05, 0.1) is 0 Å². The summed E-state index contributed by atoms with van der Waals surface area (Å²) >= 11 is 5.97. The SMILES string of the molecule is CCCc1nc(Cl)cc(OCCN2CCCCC2)n1. The van der Waals surface area contributed by atoms with E-state index in [9.17, 15) is 0 Å². The van der Waals surface area contributed by atoms with Crippen LogP contribution in [0.1, 0.15) is 38.4 Å². The highest BCUT2D eigenvalue weighted by molar-refractivity contribution is 6.29. The fraction of sp³-hybridized carbons (Fsp3) is 0.714. The Morgan fingerprint density at radius 1 is 1.26 bits per heavy atom. The molecule has 1 aromatic rings. The molecule has 0 bridgehead atoms. The minimum absolute atomic E-state index is 0.464. The number of ether oxygens (including phenoxy) is 1. The van der Waals surface area contributed by atoms with E-state index >= 15 is 0 Å². The second-order valence-corrected chi connectivity index (χ2v) is 5.33. The largest absolute Gasteiger partial charge is 0.476 e. The highest BCUT2D eigenvalue weighted by atomic mass is 35.5. The predicted octanol–water partition coefficient (Wildman–Crippen LogP) is 2.95. The van der Waals surface area contributed by atoms with Gasteiger partial charge in [0, 0.05) is 19.0 Å². The maximum Gasteiger partial charge on any atom is 0.218 e. The maximum absolute atomic E-state index is 5.97. The van der Waals surface area contributed by atoms with Crippen LogP contribution in [0.3, 0.4) is 0 Å². The lowest BCUT2D eigenvalue weighted by molar-refractivity contribution is 0.180. The number of halogens is 1. The fourth-order valence-electron chi connectivity index (χ4n) is 2.31. The van der Waals surface area contributed by atoms with E-state index in [1.807, 2.05) is 0 Å². The monoisotopic (exact) mass is 283 g/mol. The fourth-order valence-corrected chi connectivity index (χ4v) is 2.50. The summed E-state index contributed by atoms with van der Waals surface area (Å²) in [6, 6.07) is 1.69. The number of rotatable bonds is 6. The zero-order chi connectivity index (χ0) is 13.5. The quantitative estimate of drug-likeness (QED) is 0.753. The molecule has 0 amide bonds. The van der Waals surface area contributed by atoms with Crippen molar-refractivity contribution < 1.29 is 4.74 Å². The Kier molecular flexibility index (Phi) is 5.86. The first-order chi connectivity index (χ1) is 9.28. The summed E-state index contributed by atoms with van der Waals surface area (Å²) in [5.74, 6) is 1.36. The smallest absolute Gasteiger partial charge is 0.218 e. The molecule has 5 heteroatoms. The average Bonchev–Trinajstić information content (AvgIpc) is 2.40. The number of hydrogen-bond acceptors (Lipinski definition) is 4. The first-order valence-electron chi connectivity index (χ1n) is 7.16. The third kappa shape index (κ3) is 4.96. The molecule has 0 radical (unpaired) electrons. The van der Waals surface area contributed by atoms with E-state index in [2.05, 4.69) is 21.8 Å². The van der Waals surface area contributed by atoms with Gasteiger partial charge in [0.15, 0.2) is 0 Å². The molecular formula is C14H22ClN3O. The molecule has 0 aromatic carbocycles. The van der Waals surface area contributed by atoms with Crippen LogP contribution in [0.15, 0.2) is 6.07 Å². The zero-order valence-electron chi connectivity index (χ0n) is 11.6. The molecule has 0 unspecified atom stereocenters. The summed E-state index contributed by atoms with van der Waals surface area (Å²) in [4.78, 5) is 11.0. The molecule has 0 saturated carbocycles. The van der Waals surface area contributed by atoms with Crippen molar-refractivity contribution in [3.63, 3.8) is 0 Å². The molecular weight excluding hydrogens is 262 g/mol. The van der Waals surface area contributed by atoms with Gasteiger partial charge in [-0.25, -0.2) is 4.98 Å². The zero-order valence-corrected chi connectivity index (χ0v) is 12.3. The number of hydrogen-bond donors (Lipinski definition) is 0. The maximum atomic E-state index is 5.97. The lowest BCUT2D eigenvalue weighted by atomic mass is 10.1. The van der Waals surface area contributed by atoms with Crippen LogP contribution < -0.4 is 4.74 Å². The first kappa shape index (κ1) is 14.5. The molecule has 2 heterocycles. The van der Waals surface area contributed by atoms with Crippen molar-refractivity contribution in [3.8, 4) is 5.88 Å². The molecule has 1 aromatic heterocycles. The van der Waals surface area contributed by atoms with Crippen LogP contribution in [-0.2, 0) is 6.42 Å². The summed E-state index contributed by atoms with van der Waals surface area (Å²) < 4.78 is 5.70. The van der Waals surface area contributed by atoms with Crippen molar-refractivity contribution in [1.29, 1.82) is 0 Å². The van der Waals surface area contributed by atoms with E-state index in [0.717, 1.165) is 25.2 Å². The van der Waals surface area contributed by atoms with Gasteiger partial charge in [0.1, 0.15) is 17.6 Å². The number of nitrogens with zero attached hydrogens (tertiary/aromatic N) is 3. The van der Waals surface area contributed by atoms with Gasteiger partial charge in [0.25, 0.3) is 0 Å². The molecule has 0 spiro atoms. The van der Waals surface area contributed by atoms with Crippen LogP contribution in [0.25, 0.3) is 0 Å². The van der Waals surface area contributed by atoms with E-state index in [1.165, 1.54) is 32.4 Å². The summed E-state index contributed by atoms with van der Waals surface area (Å²) in [6.45, 7) is 6.11. The molecule has 19 heavy (non-hydrogen) atoms. The Morgan fingerprint density at radius 2 is 2.05 bits per heavy atom. The van der Waals surface area contributed by atoms with Crippen LogP contribution in [0.4, 0.5) is 0 Å². The van der Waals surface area contributed by atoms with Crippen LogP contribution in [0.5, 0.6) is 5.88 Å². The second kappa shape index (κ2) is 7.65. The van der Waals surface area contributed by atoms with Crippen LogP contribution in [0.2, 0.25) is 5.15 Å². The molecule has 4 nitrogen and oxygen atoms in total. The highest BCUT2D eigenvalue weighted by Crippen LogP contribution is 2.15. The van der Waals surface area contributed by atoms with E-state index < -0.39 is 0 Å². The molecule has 0 atom stereocenters. The Bertz CT molecular complexity index is 394. The van der Waals surface area contributed by atoms with Crippen molar-refractivity contribution in [3.05, 3.63) is 17.0 Å². The van der Waals surface area contributed by atoms with E-state index in [-0.39, 0.29) is 0 Å². The van der Waals surface area contributed by atoms with Crippen molar-refractivity contribution >= 4 is 11.6 Å². The number of piperidine rings is 1. The van der Waals surface area contributed by atoms with Crippen LogP contribution in [-0.4, -0.2) is 41.1 Å². The summed E-state index contributed by atoms with van der Waals surface area (Å²) in [5.41, 5.74) is 0. The molecule has 1 aliphatic heterocycles. The molecule has 1 aliphatic rings. The first-order valence-corrected chi connectivity index (χ1v) is 7.54. The topological polar surface area (TPSA) is 38.2 Å². The minimum atomic E-state index is 0.464. The number of aryl methyl sites for hydroxylation is 1. The summed E-state index contributed by atoms with van der Waals surface area (Å²) in [5, 5.41) is 0.464. The Labute approximate surface area is 120 Å². The van der Waals surface area contributed by atoms with Gasteiger partial charge in [-0.1, -0.05) is 24.9 Å². The van der Waals surface area contributed by atoms with Gasteiger partial charge in [-0.2, -0.15) is 4.98 Å². The van der Waals surface area contributed by atoms with Crippen LogP contribution >= 0.6 is 11.6 Å². The number of aromatic nitrogens is 2. The third-order valence-electron chi connectivity index (χ3n) is 3.30. The van der Waals surface area contributed by atoms with Crippen molar-refractivity contribution in [2.24, 2.45) is 0 Å². The molecule has 1 fully saturated rings. The van der Waals surface area contributed by atoms with E-state index in [1.54, 1.807) is 6.07 Å². The van der Waals surface area contributed by atoms with Gasteiger partial charge < -0.3 is 4.74 Å². The Hall–Kier alpha value is -0.870. The lowest BCUT2D eigenvalue weighted by Crippen LogP contribution is -2.33. The summed E-state index contributed by atoms with van der Waals surface area (Å²) in [7, 11) is 0. The standard InChI is InChI=1S/C14H22ClN3O/c1-2-6-13-16-12(15)11-14(17-13)19-10-9-18-7-4-3-5-8-18/h11H,2-10H2,1H3. The van der Waals surface area contributed by atoms with Gasteiger partial charge in [-0.05, 0) is 32.4 Å². The van der Waals surface area contributed by atoms with Gasteiger partial charge in [-0.15, -0.1) is 0 Å². The highest BCUT2D eigenvalue weighted by Gasteiger charge is 2.10. The van der Waals surface area contributed by atoms with Crippen LogP contribution in [0, 0.1) is 0 Å². The molecule has 1 saturated heterocycles. The predicted molar refractivity (Wildman–Crippen MR) is 76.8 cm³/mol. The normalized spacial score (nSPS) is 16.5. The lowest BCUT2D eigenvalue weighted by Gasteiger charge is -2.26. The summed E-state index contributed by atoms with van der Waals surface area (Å²) in [6.07, 6.45) is 5.82. The minimum Gasteiger partial charge on any atom is -0.476 e. The van der Waals surface area contributed by atoms with Crippen molar-refractivity contribution in [2.75, 3.05) is 26.2 Å². The molecule has 106 valence electrons. The second-order valence-electron chi connectivity index (χ2n) is 4.95. The van der Waals surface area contributed by atoms with Crippen molar-refractivity contribution in [2.45, 2.75) is 39.0 Å². The van der Waals surface area contributed by atoms with Gasteiger partial charge in [0.2, 0.25) is 5.88 Å². The van der Waals surface area contributed by atoms with Gasteiger partial charge in [-0.3, -0.25) is 4.90 Å². The number of likely N-dealkylation sites (tertiary alicyclic amines) is 1. The molecule has 0 N–H and O–H groups in total. The third-order valence-corrected chi connectivity index (χ3v) is 3.49. The van der Waals surface area contributed by atoms with E-state index in [0.29, 0.717) is 17.6 Å². The van der Waals surface area contributed by atoms with E-state index in [4.69, 9.17) is 16.3 Å². The average molecular weight is 284 g/mol. The Balaban J connectivity index is 1.81.